The maximum absolute atomic E-state index is 12.9. The molecule has 2 aromatic rings. The van der Waals surface area contributed by atoms with E-state index in [1.54, 1.807) is 11.4 Å². The lowest BCUT2D eigenvalue weighted by Gasteiger charge is -1.96. The van der Waals surface area contributed by atoms with Gasteiger partial charge in [0.1, 0.15) is 5.82 Å². The van der Waals surface area contributed by atoms with Crippen LogP contribution >= 0.6 is 11.3 Å². The van der Waals surface area contributed by atoms with E-state index in [2.05, 4.69) is 4.74 Å². The predicted molar refractivity (Wildman–Crippen MR) is 53.1 cm³/mol. The highest BCUT2D eigenvalue weighted by atomic mass is 32.1. The molecule has 0 aliphatic heterocycles. The van der Waals surface area contributed by atoms with Crippen molar-refractivity contribution in [2.24, 2.45) is 0 Å². The third-order valence-corrected chi connectivity index (χ3v) is 2.90. The van der Waals surface area contributed by atoms with Crippen molar-refractivity contribution in [2.45, 2.75) is 0 Å². The third-order valence-electron chi connectivity index (χ3n) is 1.94. The quantitative estimate of drug-likeness (QED) is 0.676. The van der Waals surface area contributed by atoms with E-state index in [1.807, 2.05) is 0 Å². The summed E-state index contributed by atoms with van der Waals surface area (Å²) in [5, 5.41) is 2.29. The Kier molecular flexibility index (Phi) is 2.21. The van der Waals surface area contributed by atoms with Gasteiger partial charge in [-0.05, 0) is 18.2 Å². The summed E-state index contributed by atoms with van der Waals surface area (Å²) in [6, 6.07) is 4.37. The van der Waals surface area contributed by atoms with E-state index in [4.69, 9.17) is 0 Å². The standard InChI is InChI=1S/C10H7FO2S/c1-13-10(12)8-5-14-9-3-2-6(11)4-7(8)9/h2-5H,1H3. The number of methoxy groups -OCH3 is 1. The first-order chi connectivity index (χ1) is 6.72. The first-order valence-corrected chi connectivity index (χ1v) is 4.85. The number of halogens is 1. The van der Waals surface area contributed by atoms with Gasteiger partial charge in [-0.3, -0.25) is 0 Å². The zero-order valence-electron chi connectivity index (χ0n) is 7.41. The molecule has 0 N–H and O–H groups in total. The van der Waals surface area contributed by atoms with Crippen molar-refractivity contribution in [3.8, 4) is 0 Å². The number of fused-ring (bicyclic) bond motifs is 1. The van der Waals surface area contributed by atoms with Crippen molar-refractivity contribution in [2.75, 3.05) is 7.11 Å². The molecule has 4 heteroatoms. The van der Waals surface area contributed by atoms with Crippen LogP contribution in [0.2, 0.25) is 0 Å². The van der Waals surface area contributed by atoms with Crippen LogP contribution < -0.4 is 0 Å². The molecule has 0 aliphatic rings. The Morgan fingerprint density at radius 1 is 1.50 bits per heavy atom. The number of benzene rings is 1. The number of rotatable bonds is 1. The Bertz CT molecular complexity index is 490. The summed E-state index contributed by atoms with van der Waals surface area (Å²) in [5.41, 5.74) is 0.423. The zero-order chi connectivity index (χ0) is 10.1. The van der Waals surface area contributed by atoms with Crippen LogP contribution in [-0.4, -0.2) is 13.1 Å². The van der Waals surface area contributed by atoms with Crippen LogP contribution in [-0.2, 0) is 4.74 Å². The fourth-order valence-electron chi connectivity index (χ4n) is 1.27. The van der Waals surface area contributed by atoms with Gasteiger partial charge >= 0.3 is 5.97 Å². The van der Waals surface area contributed by atoms with E-state index in [-0.39, 0.29) is 5.82 Å². The average Bonchev–Trinajstić information content (AvgIpc) is 2.59. The maximum atomic E-state index is 12.9. The van der Waals surface area contributed by atoms with Gasteiger partial charge in [-0.1, -0.05) is 0 Å². The van der Waals surface area contributed by atoms with Crippen LogP contribution in [0, 0.1) is 5.82 Å². The van der Waals surface area contributed by atoms with Gasteiger partial charge in [0, 0.05) is 15.5 Å². The first kappa shape index (κ1) is 9.15. The summed E-state index contributed by atoms with van der Waals surface area (Å²) in [6.45, 7) is 0. The number of ether oxygens (including phenoxy) is 1. The number of carbonyl (C=O) groups is 1. The van der Waals surface area contributed by atoms with Gasteiger partial charge in [-0.2, -0.15) is 0 Å². The third kappa shape index (κ3) is 1.37. The number of carbonyl (C=O) groups excluding carboxylic acids is 1. The van der Waals surface area contributed by atoms with Gasteiger partial charge in [0.2, 0.25) is 0 Å². The molecule has 2 rings (SSSR count). The number of esters is 1. The molecule has 0 aliphatic carbocycles. The lowest BCUT2D eigenvalue weighted by molar-refractivity contribution is 0.0603. The normalized spacial score (nSPS) is 10.4. The average molecular weight is 210 g/mol. The van der Waals surface area contributed by atoms with Crippen LogP contribution in [0.5, 0.6) is 0 Å². The second-order valence-corrected chi connectivity index (χ2v) is 3.69. The summed E-state index contributed by atoms with van der Waals surface area (Å²) >= 11 is 1.40. The molecular weight excluding hydrogens is 203 g/mol. The molecule has 0 spiro atoms. The molecule has 2 nitrogen and oxygen atoms in total. The van der Waals surface area contributed by atoms with Crippen molar-refractivity contribution >= 4 is 27.4 Å². The van der Waals surface area contributed by atoms with E-state index in [0.717, 1.165) is 4.70 Å². The first-order valence-electron chi connectivity index (χ1n) is 3.97. The van der Waals surface area contributed by atoms with Crippen molar-refractivity contribution in [1.29, 1.82) is 0 Å². The molecule has 1 aromatic heterocycles. The lowest BCUT2D eigenvalue weighted by Crippen LogP contribution is -1.99. The second-order valence-electron chi connectivity index (χ2n) is 2.78. The van der Waals surface area contributed by atoms with Gasteiger partial charge < -0.3 is 4.74 Å². The summed E-state index contributed by atoms with van der Waals surface area (Å²) in [5.74, 6) is -0.775. The Morgan fingerprint density at radius 3 is 3.00 bits per heavy atom. The van der Waals surface area contributed by atoms with Crippen molar-refractivity contribution < 1.29 is 13.9 Å². The van der Waals surface area contributed by atoms with Gasteiger partial charge in [0.25, 0.3) is 0 Å². The van der Waals surface area contributed by atoms with Crippen LogP contribution in [0.1, 0.15) is 10.4 Å². The molecule has 0 bridgehead atoms. The fourth-order valence-corrected chi connectivity index (χ4v) is 2.18. The zero-order valence-corrected chi connectivity index (χ0v) is 8.23. The highest BCUT2D eigenvalue weighted by molar-refractivity contribution is 7.17. The fraction of sp³-hybridized carbons (Fsp3) is 0.100. The van der Waals surface area contributed by atoms with E-state index in [0.29, 0.717) is 10.9 Å². The molecule has 14 heavy (non-hydrogen) atoms. The lowest BCUT2D eigenvalue weighted by atomic mass is 10.2. The predicted octanol–water partition coefficient (Wildman–Crippen LogP) is 2.83. The minimum Gasteiger partial charge on any atom is -0.465 e. The molecule has 0 radical (unpaired) electrons. The molecule has 0 atom stereocenters. The van der Waals surface area contributed by atoms with Gasteiger partial charge in [-0.15, -0.1) is 11.3 Å². The van der Waals surface area contributed by atoms with E-state index >= 15 is 0 Å². The topological polar surface area (TPSA) is 26.3 Å². The van der Waals surface area contributed by atoms with Crippen LogP contribution in [0.25, 0.3) is 10.1 Å². The Morgan fingerprint density at radius 2 is 2.29 bits per heavy atom. The number of hydrogen-bond donors (Lipinski definition) is 0. The molecule has 0 saturated carbocycles. The number of hydrogen-bond acceptors (Lipinski definition) is 3. The van der Waals surface area contributed by atoms with E-state index in [1.165, 1.54) is 30.6 Å². The minimum atomic E-state index is -0.429. The Hall–Kier alpha value is -1.42. The van der Waals surface area contributed by atoms with Crippen molar-refractivity contribution in [3.05, 3.63) is 35.0 Å². The van der Waals surface area contributed by atoms with Crippen molar-refractivity contribution in [3.63, 3.8) is 0 Å². The van der Waals surface area contributed by atoms with Gasteiger partial charge in [0.15, 0.2) is 0 Å². The molecule has 0 fully saturated rings. The van der Waals surface area contributed by atoms with E-state index < -0.39 is 5.97 Å². The number of thiophene rings is 1. The summed E-state index contributed by atoms with van der Waals surface area (Å²) in [4.78, 5) is 11.3. The highest BCUT2D eigenvalue weighted by Crippen LogP contribution is 2.26. The Balaban J connectivity index is 2.67. The van der Waals surface area contributed by atoms with Crippen LogP contribution in [0.4, 0.5) is 4.39 Å². The largest absolute Gasteiger partial charge is 0.465 e. The van der Waals surface area contributed by atoms with E-state index in [9.17, 15) is 9.18 Å². The van der Waals surface area contributed by atoms with Gasteiger partial charge in [0.05, 0.1) is 12.7 Å². The summed E-state index contributed by atoms with van der Waals surface area (Å²) < 4.78 is 18.4. The summed E-state index contributed by atoms with van der Waals surface area (Å²) in [7, 11) is 1.31. The molecule has 1 aromatic carbocycles. The van der Waals surface area contributed by atoms with Crippen LogP contribution in [0.15, 0.2) is 23.6 Å². The molecule has 1 heterocycles. The maximum Gasteiger partial charge on any atom is 0.339 e. The molecule has 0 unspecified atom stereocenters. The molecule has 0 amide bonds. The SMILES string of the molecule is COC(=O)c1csc2ccc(F)cc12. The second kappa shape index (κ2) is 3.38. The molecule has 0 saturated heterocycles. The smallest absolute Gasteiger partial charge is 0.339 e. The Labute approximate surface area is 83.9 Å². The monoisotopic (exact) mass is 210 g/mol. The highest BCUT2D eigenvalue weighted by Gasteiger charge is 2.12. The minimum absolute atomic E-state index is 0.346. The summed E-state index contributed by atoms with van der Waals surface area (Å²) in [6.07, 6.45) is 0. The van der Waals surface area contributed by atoms with Gasteiger partial charge in [-0.25, -0.2) is 9.18 Å². The molecule has 72 valence electrons. The van der Waals surface area contributed by atoms with Crippen LogP contribution in [0.3, 0.4) is 0 Å². The van der Waals surface area contributed by atoms with Crippen molar-refractivity contribution in [1.82, 2.24) is 0 Å². The molecular formula is C10H7FO2S.